The minimum Gasteiger partial charge on any atom is -0.508 e. The second kappa shape index (κ2) is 3.92. The third-order valence-electron chi connectivity index (χ3n) is 3.30. The average molecular weight is 234 g/mol. The Kier molecular flexibility index (Phi) is 2.40. The van der Waals surface area contributed by atoms with Crippen molar-refractivity contribution >= 4 is 6.09 Å². The number of ether oxygens (including phenoxy) is 1. The van der Waals surface area contributed by atoms with Gasteiger partial charge in [-0.1, -0.05) is 12.1 Å². The lowest BCUT2D eigenvalue weighted by molar-refractivity contribution is 0.133. The van der Waals surface area contributed by atoms with Gasteiger partial charge in [0, 0.05) is 19.6 Å². The fourth-order valence-corrected chi connectivity index (χ4v) is 2.38. The number of phenolic OH excluding ortho intramolecular Hbond substituents is 1. The maximum absolute atomic E-state index is 11.7. The van der Waals surface area contributed by atoms with Crippen LogP contribution < -0.4 is 5.32 Å². The third kappa shape index (κ3) is 1.82. The van der Waals surface area contributed by atoms with E-state index in [1.54, 1.807) is 17.0 Å². The lowest BCUT2D eigenvalue weighted by Gasteiger charge is -2.19. The Labute approximate surface area is 99.0 Å². The van der Waals surface area contributed by atoms with Crippen LogP contribution in [0.3, 0.4) is 0 Å². The van der Waals surface area contributed by atoms with Crippen molar-refractivity contribution in [3.8, 4) is 5.75 Å². The van der Waals surface area contributed by atoms with E-state index in [0.29, 0.717) is 6.54 Å². The summed E-state index contributed by atoms with van der Waals surface area (Å²) in [6.45, 7) is 2.05. The summed E-state index contributed by atoms with van der Waals surface area (Å²) >= 11 is 0. The molecule has 1 amide bonds. The molecular formula is C12H14N2O3. The van der Waals surface area contributed by atoms with Crippen molar-refractivity contribution in [1.29, 1.82) is 0 Å². The summed E-state index contributed by atoms with van der Waals surface area (Å²) in [7, 11) is 0. The molecule has 0 aliphatic carbocycles. The Morgan fingerprint density at radius 2 is 2.12 bits per heavy atom. The Bertz CT molecular complexity index is 432. The number of phenols is 1. The normalized spacial score (nSPS) is 27.1. The standard InChI is InChI=1S/C12H14N2O3/c15-9-3-1-8(2-4-9)7-14-10-5-13-6-11(10)17-12(14)16/h1-4,10-11,13,15H,5-7H2. The van der Waals surface area contributed by atoms with Crippen LogP contribution in [-0.2, 0) is 11.3 Å². The van der Waals surface area contributed by atoms with Crippen LogP contribution in [0.5, 0.6) is 5.75 Å². The van der Waals surface area contributed by atoms with Crippen LogP contribution in [0.1, 0.15) is 5.56 Å². The van der Waals surface area contributed by atoms with E-state index in [-0.39, 0.29) is 24.0 Å². The summed E-state index contributed by atoms with van der Waals surface area (Å²) in [5, 5.41) is 12.4. The van der Waals surface area contributed by atoms with Gasteiger partial charge in [0.15, 0.2) is 0 Å². The molecule has 2 N–H and O–H groups in total. The van der Waals surface area contributed by atoms with Crippen molar-refractivity contribution in [3.63, 3.8) is 0 Å². The van der Waals surface area contributed by atoms with Gasteiger partial charge in [0.2, 0.25) is 0 Å². The van der Waals surface area contributed by atoms with E-state index in [9.17, 15) is 9.90 Å². The highest BCUT2D eigenvalue weighted by atomic mass is 16.6. The zero-order chi connectivity index (χ0) is 11.8. The van der Waals surface area contributed by atoms with Crippen LogP contribution >= 0.6 is 0 Å². The van der Waals surface area contributed by atoms with Crippen LogP contribution in [0.2, 0.25) is 0 Å². The summed E-state index contributed by atoms with van der Waals surface area (Å²) in [4.78, 5) is 13.4. The van der Waals surface area contributed by atoms with Crippen LogP contribution in [0.4, 0.5) is 4.79 Å². The molecule has 1 aromatic carbocycles. The van der Waals surface area contributed by atoms with Gasteiger partial charge in [-0.2, -0.15) is 0 Å². The van der Waals surface area contributed by atoms with Gasteiger partial charge in [0.1, 0.15) is 11.9 Å². The Morgan fingerprint density at radius 1 is 1.35 bits per heavy atom. The summed E-state index contributed by atoms with van der Waals surface area (Å²) in [5.41, 5.74) is 0.993. The highest BCUT2D eigenvalue weighted by Crippen LogP contribution is 2.24. The second-order valence-corrected chi connectivity index (χ2v) is 4.44. The molecule has 2 saturated heterocycles. The largest absolute Gasteiger partial charge is 0.508 e. The fraction of sp³-hybridized carbons (Fsp3) is 0.417. The molecule has 90 valence electrons. The first kappa shape index (κ1) is 10.4. The third-order valence-corrected chi connectivity index (χ3v) is 3.30. The van der Waals surface area contributed by atoms with E-state index in [2.05, 4.69) is 5.32 Å². The van der Waals surface area contributed by atoms with Crippen molar-refractivity contribution in [2.45, 2.75) is 18.7 Å². The molecule has 2 aliphatic rings. The van der Waals surface area contributed by atoms with Crippen LogP contribution in [0, 0.1) is 0 Å². The molecule has 1 aromatic rings. The van der Waals surface area contributed by atoms with Gasteiger partial charge in [0.05, 0.1) is 6.04 Å². The summed E-state index contributed by atoms with van der Waals surface area (Å²) in [5.74, 6) is 0.234. The van der Waals surface area contributed by atoms with Gasteiger partial charge >= 0.3 is 6.09 Å². The van der Waals surface area contributed by atoms with Gasteiger partial charge in [-0.25, -0.2) is 4.79 Å². The van der Waals surface area contributed by atoms with Gasteiger partial charge in [-0.3, -0.25) is 4.90 Å². The van der Waals surface area contributed by atoms with Gasteiger partial charge in [0.25, 0.3) is 0 Å². The fourth-order valence-electron chi connectivity index (χ4n) is 2.38. The number of aromatic hydroxyl groups is 1. The van der Waals surface area contributed by atoms with E-state index in [1.807, 2.05) is 12.1 Å². The van der Waals surface area contributed by atoms with Crippen molar-refractivity contribution in [3.05, 3.63) is 29.8 Å². The lowest BCUT2D eigenvalue weighted by Crippen LogP contribution is -2.36. The zero-order valence-corrected chi connectivity index (χ0v) is 9.30. The Morgan fingerprint density at radius 3 is 2.88 bits per heavy atom. The van der Waals surface area contributed by atoms with E-state index >= 15 is 0 Å². The lowest BCUT2D eigenvalue weighted by atomic mass is 10.1. The molecule has 0 aromatic heterocycles. The average Bonchev–Trinajstić information content (AvgIpc) is 2.85. The number of rotatable bonds is 2. The molecule has 5 nitrogen and oxygen atoms in total. The molecule has 2 atom stereocenters. The van der Waals surface area contributed by atoms with Crippen molar-refractivity contribution in [1.82, 2.24) is 10.2 Å². The number of nitrogens with zero attached hydrogens (tertiary/aromatic N) is 1. The van der Waals surface area contributed by atoms with Gasteiger partial charge in [-0.15, -0.1) is 0 Å². The summed E-state index contributed by atoms with van der Waals surface area (Å²) in [6, 6.07) is 7.02. The highest BCUT2D eigenvalue weighted by molar-refractivity contribution is 5.71. The van der Waals surface area contributed by atoms with E-state index in [0.717, 1.165) is 18.7 Å². The van der Waals surface area contributed by atoms with E-state index < -0.39 is 0 Å². The monoisotopic (exact) mass is 234 g/mol. The molecule has 3 rings (SSSR count). The number of nitrogens with one attached hydrogen (secondary N) is 1. The van der Waals surface area contributed by atoms with E-state index in [4.69, 9.17) is 4.74 Å². The molecule has 2 unspecified atom stereocenters. The molecular weight excluding hydrogens is 220 g/mol. The smallest absolute Gasteiger partial charge is 0.410 e. The number of amides is 1. The number of fused-ring (bicyclic) bond motifs is 1. The zero-order valence-electron chi connectivity index (χ0n) is 9.30. The topological polar surface area (TPSA) is 61.8 Å². The maximum atomic E-state index is 11.7. The van der Waals surface area contributed by atoms with E-state index in [1.165, 1.54) is 0 Å². The van der Waals surface area contributed by atoms with Crippen LogP contribution in [0.25, 0.3) is 0 Å². The minimum absolute atomic E-state index is 0.0142. The Balaban J connectivity index is 1.76. The molecule has 5 heteroatoms. The number of carbonyl (C=O) groups is 1. The first-order chi connectivity index (χ1) is 8.24. The SMILES string of the molecule is O=C1OC2CNCC2N1Cc1ccc(O)cc1. The Hall–Kier alpha value is -1.75. The number of carbonyl (C=O) groups excluding carboxylic acids is 1. The van der Waals surface area contributed by atoms with Crippen LogP contribution in [0.15, 0.2) is 24.3 Å². The first-order valence-corrected chi connectivity index (χ1v) is 5.70. The summed E-state index contributed by atoms with van der Waals surface area (Å²) in [6.07, 6.45) is -0.255. The molecule has 2 heterocycles. The number of hydrogen-bond acceptors (Lipinski definition) is 4. The quantitative estimate of drug-likeness (QED) is 0.790. The molecule has 0 spiro atoms. The minimum atomic E-state index is -0.241. The summed E-state index contributed by atoms with van der Waals surface area (Å²) < 4.78 is 5.27. The van der Waals surface area contributed by atoms with Crippen molar-refractivity contribution in [2.75, 3.05) is 13.1 Å². The number of benzene rings is 1. The first-order valence-electron chi connectivity index (χ1n) is 5.70. The second-order valence-electron chi connectivity index (χ2n) is 4.44. The number of hydrogen-bond donors (Lipinski definition) is 2. The van der Waals surface area contributed by atoms with Crippen molar-refractivity contribution < 1.29 is 14.6 Å². The van der Waals surface area contributed by atoms with Crippen molar-refractivity contribution in [2.24, 2.45) is 0 Å². The molecule has 0 saturated carbocycles. The molecule has 2 aliphatic heterocycles. The molecule has 17 heavy (non-hydrogen) atoms. The molecule has 2 fully saturated rings. The molecule has 0 bridgehead atoms. The maximum Gasteiger partial charge on any atom is 0.410 e. The van der Waals surface area contributed by atoms with Gasteiger partial charge in [-0.05, 0) is 17.7 Å². The predicted molar refractivity (Wildman–Crippen MR) is 60.6 cm³/mol. The highest BCUT2D eigenvalue weighted by Gasteiger charge is 2.44. The van der Waals surface area contributed by atoms with Crippen LogP contribution in [-0.4, -0.2) is 41.3 Å². The van der Waals surface area contributed by atoms with Gasteiger partial charge < -0.3 is 15.2 Å². The predicted octanol–water partition coefficient (Wildman–Crippen LogP) is 0.685. The molecule has 0 radical (unpaired) electrons.